The van der Waals surface area contributed by atoms with Gasteiger partial charge in [0.1, 0.15) is 5.82 Å². The van der Waals surface area contributed by atoms with Crippen LogP contribution in [-0.2, 0) is 6.42 Å². The normalized spacial score (nSPS) is 21.9. The highest BCUT2D eigenvalue weighted by Gasteiger charge is 2.35. The van der Waals surface area contributed by atoms with Crippen molar-refractivity contribution in [2.24, 2.45) is 5.41 Å². The Morgan fingerprint density at radius 2 is 2.13 bits per heavy atom. The summed E-state index contributed by atoms with van der Waals surface area (Å²) in [6.07, 6.45) is 6.73. The fraction of sp³-hybridized carbons (Fsp3) is 0.526. The zero-order valence-electron chi connectivity index (χ0n) is 13.4. The summed E-state index contributed by atoms with van der Waals surface area (Å²) < 4.78 is 13.8. The molecule has 0 heterocycles. The summed E-state index contributed by atoms with van der Waals surface area (Å²) >= 11 is 5.56. The molecule has 0 aliphatic heterocycles. The number of hydrogen-bond donors (Lipinski definition) is 2. The summed E-state index contributed by atoms with van der Waals surface area (Å²) in [6.45, 7) is 4.29. The molecule has 0 saturated heterocycles. The van der Waals surface area contributed by atoms with Crippen molar-refractivity contribution in [2.75, 3.05) is 6.61 Å². The van der Waals surface area contributed by atoms with Gasteiger partial charge in [0.2, 0.25) is 0 Å². The van der Waals surface area contributed by atoms with Crippen LogP contribution in [0.4, 0.5) is 4.39 Å². The number of thiocarbonyl (C=S) groups is 1. The first-order chi connectivity index (χ1) is 11.0. The highest BCUT2D eigenvalue weighted by atomic mass is 32.1. The molecule has 1 saturated carbocycles. The molecule has 124 valence electrons. The summed E-state index contributed by atoms with van der Waals surface area (Å²) in [7, 11) is 0. The zero-order chi connectivity index (χ0) is 16.4. The van der Waals surface area contributed by atoms with Crippen molar-refractivity contribution >= 4 is 17.1 Å². The van der Waals surface area contributed by atoms with Crippen LogP contribution in [-0.4, -0.2) is 16.6 Å². The molecule has 2 N–H and O–H groups in total. The maximum absolute atomic E-state index is 13.8. The monoisotopic (exact) mass is 333 g/mol. The Hall–Kier alpha value is -1.26. The first kappa shape index (κ1) is 16.6. The van der Waals surface area contributed by atoms with E-state index in [1.807, 2.05) is 6.07 Å². The molecule has 1 aromatic carbocycles. The van der Waals surface area contributed by atoms with Crippen LogP contribution < -0.4 is 5.32 Å². The van der Waals surface area contributed by atoms with Gasteiger partial charge in [0.05, 0.1) is 6.04 Å². The van der Waals surface area contributed by atoms with Crippen molar-refractivity contribution in [1.82, 2.24) is 5.32 Å². The van der Waals surface area contributed by atoms with E-state index in [1.165, 1.54) is 18.9 Å². The van der Waals surface area contributed by atoms with Gasteiger partial charge in [0.15, 0.2) is 0 Å². The van der Waals surface area contributed by atoms with Gasteiger partial charge in [-0.1, -0.05) is 43.8 Å². The fourth-order valence-electron chi connectivity index (χ4n) is 4.01. The Kier molecular flexibility index (Phi) is 4.83. The van der Waals surface area contributed by atoms with Gasteiger partial charge in [-0.3, -0.25) is 0 Å². The number of fused-ring (bicyclic) bond motifs is 1. The van der Waals surface area contributed by atoms with Crippen molar-refractivity contribution in [3.05, 3.63) is 47.4 Å². The minimum absolute atomic E-state index is 0.0542. The molecule has 1 atom stereocenters. The molecule has 2 nitrogen and oxygen atoms in total. The van der Waals surface area contributed by atoms with Gasteiger partial charge in [0, 0.05) is 17.2 Å². The maximum atomic E-state index is 13.8. The average molecular weight is 333 g/mol. The number of nitrogens with one attached hydrogen (secondary N) is 1. The number of aliphatic hydroxyl groups excluding tert-OH is 1. The molecule has 1 unspecified atom stereocenters. The Morgan fingerprint density at radius 1 is 1.39 bits per heavy atom. The van der Waals surface area contributed by atoms with Crippen LogP contribution in [0.15, 0.2) is 30.5 Å². The van der Waals surface area contributed by atoms with Crippen LogP contribution in [0, 0.1) is 11.2 Å². The number of benzene rings is 1. The lowest BCUT2D eigenvalue weighted by molar-refractivity contribution is 0.138. The van der Waals surface area contributed by atoms with E-state index in [0.29, 0.717) is 6.42 Å². The molecule has 0 bridgehead atoms. The predicted molar refractivity (Wildman–Crippen MR) is 94.9 cm³/mol. The molecular weight excluding hydrogens is 309 g/mol. The van der Waals surface area contributed by atoms with Crippen LogP contribution >= 0.6 is 12.2 Å². The zero-order valence-corrected chi connectivity index (χ0v) is 14.2. The number of aliphatic hydroxyl groups is 1. The lowest BCUT2D eigenvalue weighted by Crippen LogP contribution is -2.29. The minimum Gasteiger partial charge on any atom is -0.396 e. The first-order valence-corrected chi connectivity index (χ1v) is 8.82. The second-order valence-electron chi connectivity index (χ2n) is 6.99. The molecule has 2 aliphatic rings. The molecule has 0 spiro atoms. The molecule has 23 heavy (non-hydrogen) atoms. The molecule has 1 fully saturated rings. The van der Waals surface area contributed by atoms with Gasteiger partial charge >= 0.3 is 0 Å². The van der Waals surface area contributed by atoms with Crippen LogP contribution in [0.3, 0.4) is 0 Å². The second-order valence-corrected chi connectivity index (χ2v) is 7.48. The van der Waals surface area contributed by atoms with E-state index in [0.717, 1.165) is 47.4 Å². The second kappa shape index (κ2) is 6.70. The van der Waals surface area contributed by atoms with Gasteiger partial charge in [-0.2, -0.15) is 0 Å². The van der Waals surface area contributed by atoms with E-state index in [9.17, 15) is 9.50 Å². The third-order valence-electron chi connectivity index (χ3n) is 5.43. The Morgan fingerprint density at radius 3 is 2.83 bits per heavy atom. The summed E-state index contributed by atoms with van der Waals surface area (Å²) in [5.41, 5.74) is 2.53. The van der Waals surface area contributed by atoms with Crippen LogP contribution in [0.1, 0.15) is 55.7 Å². The van der Waals surface area contributed by atoms with Crippen molar-refractivity contribution in [1.29, 1.82) is 0 Å². The van der Waals surface area contributed by atoms with Crippen LogP contribution in [0.5, 0.6) is 0 Å². The van der Waals surface area contributed by atoms with E-state index in [2.05, 4.69) is 11.9 Å². The SMILES string of the molecule is C=C(NC1CCc2c(F)cccc21)C(=S)CC1(CO)CCCC1. The molecular formula is C19H24FNOS. The number of rotatable bonds is 6. The standard InChI is InChI=1S/C19H24FNOS/c1-13(18(23)11-19(12-22)9-2-3-10-19)21-17-8-7-14-15(17)5-4-6-16(14)20/h4-6,17,21-22H,1-3,7-12H2. The lowest BCUT2D eigenvalue weighted by atomic mass is 9.82. The molecule has 0 amide bonds. The predicted octanol–water partition coefficient (Wildman–Crippen LogP) is 4.23. The summed E-state index contributed by atoms with van der Waals surface area (Å²) in [5.74, 6) is -0.120. The van der Waals surface area contributed by atoms with E-state index in [4.69, 9.17) is 12.2 Å². The van der Waals surface area contributed by atoms with E-state index in [-0.39, 0.29) is 23.9 Å². The van der Waals surface area contributed by atoms with Crippen LogP contribution in [0.2, 0.25) is 0 Å². The third-order valence-corrected chi connectivity index (χ3v) is 5.82. The van der Waals surface area contributed by atoms with Gasteiger partial charge in [-0.15, -0.1) is 0 Å². The molecule has 2 aliphatic carbocycles. The third kappa shape index (κ3) is 3.33. The first-order valence-electron chi connectivity index (χ1n) is 8.41. The van der Waals surface area contributed by atoms with Crippen molar-refractivity contribution in [2.45, 2.75) is 51.0 Å². The maximum Gasteiger partial charge on any atom is 0.126 e. The lowest BCUT2D eigenvalue weighted by Gasteiger charge is -2.28. The van der Waals surface area contributed by atoms with E-state index in [1.54, 1.807) is 6.07 Å². The van der Waals surface area contributed by atoms with Crippen molar-refractivity contribution < 1.29 is 9.50 Å². The Balaban J connectivity index is 1.64. The minimum atomic E-state index is -0.120. The molecule has 0 radical (unpaired) electrons. The van der Waals surface area contributed by atoms with Crippen molar-refractivity contribution in [3.8, 4) is 0 Å². The van der Waals surface area contributed by atoms with E-state index >= 15 is 0 Å². The van der Waals surface area contributed by atoms with Gasteiger partial charge < -0.3 is 10.4 Å². The number of allylic oxidation sites excluding steroid dienone is 1. The largest absolute Gasteiger partial charge is 0.396 e. The highest BCUT2D eigenvalue weighted by Crippen LogP contribution is 2.41. The Bertz CT molecular complexity index is 622. The quantitative estimate of drug-likeness (QED) is 0.603. The van der Waals surface area contributed by atoms with Gasteiger partial charge in [-0.05, 0) is 54.7 Å². The molecule has 0 aromatic heterocycles. The number of hydrogen-bond acceptors (Lipinski definition) is 3. The fourth-order valence-corrected chi connectivity index (χ4v) is 4.38. The van der Waals surface area contributed by atoms with Gasteiger partial charge in [0.25, 0.3) is 0 Å². The topological polar surface area (TPSA) is 32.3 Å². The average Bonchev–Trinajstić information content (AvgIpc) is 3.16. The summed E-state index contributed by atoms with van der Waals surface area (Å²) in [5, 5.41) is 13.1. The van der Waals surface area contributed by atoms with Crippen LogP contribution in [0.25, 0.3) is 0 Å². The van der Waals surface area contributed by atoms with Gasteiger partial charge in [-0.25, -0.2) is 4.39 Å². The smallest absolute Gasteiger partial charge is 0.126 e. The molecule has 4 heteroatoms. The number of halogens is 1. The Labute approximate surface area is 142 Å². The van der Waals surface area contributed by atoms with Crippen molar-refractivity contribution in [3.63, 3.8) is 0 Å². The summed E-state index contributed by atoms with van der Waals surface area (Å²) in [4.78, 5) is 0.797. The molecule has 1 aromatic rings. The molecule has 3 rings (SSSR count). The highest BCUT2D eigenvalue weighted by molar-refractivity contribution is 7.80. The van der Waals surface area contributed by atoms with E-state index < -0.39 is 0 Å². The summed E-state index contributed by atoms with van der Waals surface area (Å²) in [6, 6.07) is 5.34.